The zero-order valence-electron chi connectivity index (χ0n) is 17.2. The normalized spacial score (nSPS) is 15.7. The largest absolute Gasteiger partial charge is 0.465 e. The van der Waals surface area contributed by atoms with E-state index >= 15 is 0 Å². The van der Waals surface area contributed by atoms with Gasteiger partial charge in [0.25, 0.3) is 0 Å². The van der Waals surface area contributed by atoms with E-state index in [4.69, 9.17) is 9.47 Å². The molecule has 1 fully saturated rings. The molecule has 8 heteroatoms. The van der Waals surface area contributed by atoms with Crippen molar-refractivity contribution < 1.29 is 23.5 Å². The van der Waals surface area contributed by atoms with Gasteiger partial charge in [0.05, 0.1) is 31.1 Å². The van der Waals surface area contributed by atoms with E-state index in [9.17, 15) is 14.0 Å². The summed E-state index contributed by atoms with van der Waals surface area (Å²) < 4.78 is 25.9. The summed E-state index contributed by atoms with van der Waals surface area (Å²) in [5.41, 5.74) is 1.25. The smallest absolute Gasteiger partial charge is 0.322 e. The van der Waals surface area contributed by atoms with Crippen LogP contribution in [0.2, 0.25) is 0 Å². The number of ketones is 1. The molecule has 0 saturated carbocycles. The average Bonchev–Trinajstić information content (AvgIpc) is 2.76. The Labute approximate surface area is 194 Å². The third-order valence-electron chi connectivity index (χ3n) is 4.81. The van der Waals surface area contributed by atoms with Gasteiger partial charge in [0.15, 0.2) is 11.7 Å². The molecule has 1 aliphatic heterocycles. The number of carbonyl (C=O) groups excluding carboxylic acids is 2. The van der Waals surface area contributed by atoms with E-state index in [2.05, 4.69) is 32.5 Å². The maximum Gasteiger partial charge on any atom is 0.322 e. The van der Waals surface area contributed by atoms with Gasteiger partial charge in [0, 0.05) is 29.4 Å². The number of aliphatic imine (C=N–C) groups is 1. The molecule has 164 valence electrons. The predicted octanol–water partition coefficient (Wildman–Crippen LogP) is 4.03. The Morgan fingerprint density at radius 1 is 1.26 bits per heavy atom. The second-order valence-corrected chi connectivity index (χ2v) is 8.30. The van der Waals surface area contributed by atoms with Crippen LogP contribution in [0.1, 0.15) is 22.8 Å². The van der Waals surface area contributed by atoms with Crippen LogP contribution in [0, 0.1) is 15.3 Å². The fourth-order valence-corrected chi connectivity index (χ4v) is 3.76. The van der Waals surface area contributed by atoms with Crippen LogP contribution in [0.15, 0.2) is 47.5 Å². The van der Waals surface area contributed by atoms with Gasteiger partial charge in [0.2, 0.25) is 0 Å². The molecule has 1 aliphatic rings. The highest BCUT2D eigenvalue weighted by Gasteiger charge is 2.29. The second-order valence-electron chi connectivity index (χ2n) is 7.05. The van der Waals surface area contributed by atoms with E-state index in [1.165, 1.54) is 18.3 Å². The third kappa shape index (κ3) is 6.65. The van der Waals surface area contributed by atoms with Gasteiger partial charge >= 0.3 is 5.97 Å². The number of hydrogen-bond donors (Lipinski definition) is 0. The van der Waals surface area contributed by atoms with E-state index in [-0.39, 0.29) is 12.2 Å². The van der Waals surface area contributed by atoms with Crippen molar-refractivity contribution in [3.8, 4) is 0 Å². The molecule has 0 radical (unpaired) electrons. The molecule has 0 N–H and O–H groups in total. The number of nitrogens with zero attached hydrogens (tertiary/aromatic N) is 2. The Morgan fingerprint density at radius 2 is 2.03 bits per heavy atom. The second kappa shape index (κ2) is 11.4. The number of hydrogen-bond acceptors (Lipinski definition) is 6. The first kappa shape index (κ1) is 23.5. The lowest BCUT2D eigenvalue weighted by molar-refractivity contribution is -0.143. The summed E-state index contributed by atoms with van der Waals surface area (Å²) in [6, 6.07) is 11.7. The fraction of sp³-hybridized carbons (Fsp3) is 0.348. The molecule has 2 aromatic carbocycles. The molecule has 2 aromatic rings. The van der Waals surface area contributed by atoms with Gasteiger partial charge in [-0.15, -0.1) is 0 Å². The quantitative estimate of drug-likeness (QED) is 0.167. The molecule has 1 atom stereocenters. The standard InChI is InChI=1S/C23H24FIN2O4/c1-2-31-23(29)20(14-26-18-5-3-4-17(25)13-18)22(28)19-12-16(6-7-21(19)24)15-27-8-10-30-11-9-27/h3-7,12-14,20H,2,8-11,15H2,1H3. The van der Waals surface area contributed by atoms with Crippen molar-refractivity contribution in [2.45, 2.75) is 13.5 Å². The Morgan fingerprint density at radius 3 is 2.74 bits per heavy atom. The summed E-state index contributed by atoms with van der Waals surface area (Å²) in [5.74, 6) is -3.42. The van der Waals surface area contributed by atoms with E-state index in [1.807, 2.05) is 18.2 Å². The summed E-state index contributed by atoms with van der Waals surface area (Å²) >= 11 is 2.15. The van der Waals surface area contributed by atoms with E-state index < -0.39 is 23.5 Å². The summed E-state index contributed by atoms with van der Waals surface area (Å²) in [4.78, 5) is 32.1. The van der Waals surface area contributed by atoms with Crippen LogP contribution in [0.4, 0.5) is 10.1 Å². The zero-order valence-corrected chi connectivity index (χ0v) is 19.4. The average molecular weight is 538 g/mol. The summed E-state index contributed by atoms with van der Waals surface area (Å²) in [6.45, 7) is 5.17. The Hall–Kier alpha value is -2.17. The van der Waals surface area contributed by atoms with Gasteiger partial charge in [-0.2, -0.15) is 0 Å². The highest BCUT2D eigenvalue weighted by molar-refractivity contribution is 14.1. The number of morpholine rings is 1. The van der Waals surface area contributed by atoms with Crippen molar-refractivity contribution in [3.63, 3.8) is 0 Å². The summed E-state index contributed by atoms with van der Waals surface area (Å²) in [5, 5.41) is 0. The Balaban J connectivity index is 1.85. The number of halogens is 2. The van der Waals surface area contributed by atoms with Crippen LogP contribution in [0.25, 0.3) is 0 Å². The third-order valence-corrected chi connectivity index (χ3v) is 5.48. The molecule has 0 amide bonds. The molecule has 0 aromatic heterocycles. The van der Waals surface area contributed by atoms with Crippen LogP contribution in [0.5, 0.6) is 0 Å². The fourth-order valence-electron chi connectivity index (χ4n) is 3.23. The zero-order chi connectivity index (χ0) is 22.2. The van der Waals surface area contributed by atoms with E-state index in [0.29, 0.717) is 25.4 Å². The van der Waals surface area contributed by atoms with Gasteiger partial charge < -0.3 is 9.47 Å². The molecule has 3 rings (SSSR count). The van der Waals surface area contributed by atoms with E-state index in [1.54, 1.807) is 19.1 Å². The molecule has 6 nitrogen and oxygen atoms in total. The van der Waals surface area contributed by atoms with Gasteiger partial charge in [-0.1, -0.05) is 12.1 Å². The Bertz CT molecular complexity index is 960. The molecule has 0 spiro atoms. The maximum atomic E-state index is 14.6. The number of Topliss-reactive ketones (excluding diaryl/α,β-unsaturated/α-hetero) is 1. The van der Waals surface area contributed by atoms with Crippen LogP contribution >= 0.6 is 22.6 Å². The van der Waals surface area contributed by atoms with Gasteiger partial charge in [-0.25, -0.2) is 4.39 Å². The van der Waals surface area contributed by atoms with Crippen molar-refractivity contribution >= 4 is 46.2 Å². The lowest BCUT2D eigenvalue weighted by atomic mass is 9.96. The topological polar surface area (TPSA) is 68.2 Å². The number of benzene rings is 2. The first-order chi connectivity index (χ1) is 15.0. The molecule has 0 aliphatic carbocycles. The molecule has 1 heterocycles. The van der Waals surface area contributed by atoms with Crippen molar-refractivity contribution in [2.24, 2.45) is 10.9 Å². The minimum absolute atomic E-state index is 0.110. The van der Waals surface area contributed by atoms with Gasteiger partial charge in [-0.3, -0.25) is 19.5 Å². The van der Waals surface area contributed by atoms with Crippen molar-refractivity contribution in [3.05, 3.63) is 63.0 Å². The van der Waals surface area contributed by atoms with Gasteiger partial charge in [0.1, 0.15) is 5.82 Å². The summed E-state index contributed by atoms with van der Waals surface area (Å²) in [7, 11) is 0. The maximum absolute atomic E-state index is 14.6. The minimum atomic E-state index is -1.33. The van der Waals surface area contributed by atoms with Crippen LogP contribution in [-0.4, -0.2) is 55.8 Å². The highest BCUT2D eigenvalue weighted by atomic mass is 127. The number of ether oxygens (including phenoxy) is 2. The van der Waals surface area contributed by atoms with Gasteiger partial charge in [-0.05, 0) is 65.4 Å². The first-order valence-electron chi connectivity index (χ1n) is 10.1. The van der Waals surface area contributed by atoms with Crippen LogP contribution in [-0.2, 0) is 20.8 Å². The monoisotopic (exact) mass is 538 g/mol. The van der Waals surface area contributed by atoms with Crippen molar-refractivity contribution in [1.82, 2.24) is 4.90 Å². The van der Waals surface area contributed by atoms with Crippen LogP contribution < -0.4 is 0 Å². The minimum Gasteiger partial charge on any atom is -0.465 e. The molecular formula is C23H24FIN2O4. The Kier molecular flexibility index (Phi) is 8.68. The number of esters is 1. The predicted molar refractivity (Wildman–Crippen MR) is 124 cm³/mol. The van der Waals surface area contributed by atoms with Crippen LogP contribution in [0.3, 0.4) is 0 Å². The summed E-state index contributed by atoms with van der Waals surface area (Å²) in [6.07, 6.45) is 1.24. The number of carbonyl (C=O) groups is 2. The van der Waals surface area contributed by atoms with Crippen molar-refractivity contribution in [1.29, 1.82) is 0 Å². The number of rotatable bonds is 8. The van der Waals surface area contributed by atoms with E-state index in [0.717, 1.165) is 22.2 Å². The lowest BCUT2D eigenvalue weighted by Gasteiger charge is -2.26. The molecule has 0 bridgehead atoms. The molecule has 1 unspecified atom stereocenters. The molecular weight excluding hydrogens is 514 g/mol. The SMILES string of the molecule is CCOC(=O)C(C=Nc1cccc(I)c1)C(=O)c1cc(CN2CCOCC2)ccc1F. The lowest BCUT2D eigenvalue weighted by Crippen LogP contribution is -2.35. The first-order valence-corrected chi connectivity index (χ1v) is 11.1. The van der Waals surface area contributed by atoms with Crippen molar-refractivity contribution in [2.75, 3.05) is 32.9 Å². The molecule has 31 heavy (non-hydrogen) atoms. The highest BCUT2D eigenvalue weighted by Crippen LogP contribution is 2.20. The molecule has 1 saturated heterocycles.